The van der Waals surface area contributed by atoms with Gasteiger partial charge in [0.05, 0.1) is 12.3 Å². The molecule has 0 radical (unpaired) electrons. The van der Waals surface area contributed by atoms with Crippen LogP contribution in [-0.2, 0) is 24.1 Å². The minimum Gasteiger partial charge on any atom is -0.493 e. The fourth-order valence-electron chi connectivity index (χ4n) is 4.69. The first-order valence-electron chi connectivity index (χ1n) is 15.1. The number of ether oxygens (including phenoxy) is 2. The number of oxazole rings is 1. The Kier molecular flexibility index (Phi) is 11.0. The standard InChI is InChI=1S/C36H35NO5.C2H6/c1-25-32(37-34(41-25)30-16-10-15-28(23-30)27-13-8-5-9-14-27)21-22-40-31-19-20-33(42-36(2,3)35(38)39)29(24-31)18-17-26-11-6-4-7-12-26;1-2/h4-16,19-20,23-24H,17-18,21-22H2,1-3H3,(H,38,39);1-2H3. The number of carbonyl (C=O) groups is 1. The Morgan fingerprint density at radius 1 is 0.795 bits per heavy atom. The predicted octanol–water partition coefficient (Wildman–Crippen LogP) is 8.99. The smallest absolute Gasteiger partial charge is 0.347 e. The van der Waals surface area contributed by atoms with Gasteiger partial charge in [0.1, 0.15) is 17.3 Å². The van der Waals surface area contributed by atoms with Crippen molar-refractivity contribution in [3.63, 3.8) is 0 Å². The van der Waals surface area contributed by atoms with Gasteiger partial charge < -0.3 is 19.0 Å². The maximum atomic E-state index is 11.7. The molecule has 0 aliphatic carbocycles. The zero-order valence-corrected chi connectivity index (χ0v) is 26.2. The number of hydrogen-bond donors (Lipinski definition) is 1. The van der Waals surface area contributed by atoms with E-state index in [1.807, 2.05) is 81.4 Å². The van der Waals surface area contributed by atoms with Crippen LogP contribution in [0.25, 0.3) is 22.6 Å². The molecule has 0 spiro atoms. The third kappa shape index (κ3) is 8.38. The van der Waals surface area contributed by atoms with Crippen LogP contribution in [0.15, 0.2) is 108 Å². The van der Waals surface area contributed by atoms with E-state index in [-0.39, 0.29) is 0 Å². The van der Waals surface area contributed by atoms with Gasteiger partial charge in [-0.25, -0.2) is 9.78 Å². The van der Waals surface area contributed by atoms with Gasteiger partial charge in [-0.15, -0.1) is 0 Å². The number of aryl methyl sites for hydroxylation is 3. The minimum atomic E-state index is -1.35. The van der Waals surface area contributed by atoms with Crippen LogP contribution in [0.4, 0.5) is 0 Å². The molecule has 1 aromatic heterocycles. The molecule has 0 aliphatic heterocycles. The number of nitrogens with zero attached hydrogens (tertiary/aromatic N) is 1. The summed E-state index contributed by atoms with van der Waals surface area (Å²) in [7, 11) is 0. The van der Waals surface area contributed by atoms with Crippen molar-refractivity contribution in [2.45, 2.75) is 59.5 Å². The van der Waals surface area contributed by atoms with Gasteiger partial charge in [0, 0.05) is 12.0 Å². The Hall–Kier alpha value is -4.84. The lowest BCUT2D eigenvalue weighted by molar-refractivity contribution is -0.152. The molecule has 0 saturated carbocycles. The molecule has 44 heavy (non-hydrogen) atoms. The van der Waals surface area contributed by atoms with E-state index in [0.29, 0.717) is 36.8 Å². The molecule has 0 unspecified atom stereocenters. The Labute approximate surface area is 260 Å². The molecule has 6 heteroatoms. The average Bonchev–Trinajstić information content (AvgIpc) is 3.42. The molecule has 1 heterocycles. The SMILES string of the molecule is CC.Cc1oc(-c2cccc(-c3ccccc3)c2)nc1CCOc1ccc(OC(C)(C)C(=O)O)c(CCc2ccccc2)c1. The molecule has 0 saturated heterocycles. The van der Waals surface area contributed by atoms with Crippen LogP contribution in [0.2, 0.25) is 0 Å². The van der Waals surface area contributed by atoms with E-state index in [9.17, 15) is 9.90 Å². The van der Waals surface area contributed by atoms with Crippen LogP contribution >= 0.6 is 0 Å². The maximum Gasteiger partial charge on any atom is 0.347 e. The molecular weight excluding hydrogens is 550 g/mol. The molecule has 0 bridgehead atoms. The number of hydrogen-bond acceptors (Lipinski definition) is 5. The average molecular weight is 592 g/mol. The van der Waals surface area contributed by atoms with Gasteiger partial charge in [0.15, 0.2) is 5.60 Å². The first-order chi connectivity index (χ1) is 21.3. The van der Waals surface area contributed by atoms with E-state index in [2.05, 4.69) is 36.4 Å². The largest absolute Gasteiger partial charge is 0.493 e. The second kappa shape index (κ2) is 15.1. The molecule has 0 aliphatic rings. The van der Waals surface area contributed by atoms with E-state index in [1.165, 1.54) is 5.56 Å². The highest BCUT2D eigenvalue weighted by molar-refractivity contribution is 5.77. The number of rotatable bonds is 12. The molecule has 0 atom stereocenters. The van der Waals surface area contributed by atoms with Crippen LogP contribution < -0.4 is 9.47 Å². The van der Waals surface area contributed by atoms with Crippen molar-refractivity contribution in [1.29, 1.82) is 0 Å². The summed E-state index contributed by atoms with van der Waals surface area (Å²) in [4.78, 5) is 16.5. The quantitative estimate of drug-likeness (QED) is 0.156. The predicted molar refractivity (Wildman–Crippen MR) is 175 cm³/mol. The van der Waals surface area contributed by atoms with E-state index >= 15 is 0 Å². The minimum absolute atomic E-state index is 0.413. The van der Waals surface area contributed by atoms with Gasteiger partial charge in [0.25, 0.3) is 0 Å². The molecule has 5 aromatic rings. The van der Waals surface area contributed by atoms with E-state index in [1.54, 1.807) is 19.9 Å². The molecule has 0 amide bonds. The van der Waals surface area contributed by atoms with Crippen molar-refractivity contribution in [3.05, 3.63) is 126 Å². The van der Waals surface area contributed by atoms with Gasteiger partial charge in [-0.1, -0.05) is 86.6 Å². The van der Waals surface area contributed by atoms with E-state index in [4.69, 9.17) is 18.9 Å². The van der Waals surface area contributed by atoms with Crippen molar-refractivity contribution < 1.29 is 23.8 Å². The van der Waals surface area contributed by atoms with Gasteiger partial charge in [-0.05, 0) is 86.2 Å². The molecule has 5 rings (SSSR count). The fraction of sp³-hybridized carbons (Fsp3) is 0.263. The Morgan fingerprint density at radius 2 is 1.45 bits per heavy atom. The Balaban J connectivity index is 0.00000216. The van der Waals surface area contributed by atoms with E-state index < -0.39 is 11.6 Å². The van der Waals surface area contributed by atoms with Crippen molar-refractivity contribution in [2.24, 2.45) is 0 Å². The highest BCUT2D eigenvalue weighted by Crippen LogP contribution is 2.30. The van der Waals surface area contributed by atoms with Gasteiger partial charge in [0.2, 0.25) is 5.89 Å². The zero-order chi connectivity index (χ0) is 31.5. The summed E-state index contributed by atoms with van der Waals surface area (Å²) in [5.74, 6) is 1.56. The number of benzene rings is 4. The fourth-order valence-corrected chi connectivity index (χ4v) is 4.69. The van der Waals surface area contributed by atoms with Crippen molar-refractivity contribution in [1.82, 2.24) is 4.98 Å². The van der Waals surface area contributed by atoms with Crippen LogP contribution in [0.1, 0.15) is 50.3 Å². The summed E-state index contributed by atoms with van der Waals surface area (Å²) in [5.41, 5.74) is 4.76. The molecule has 0 fully saturated rings. The molecule has 6 nitrogen and oxygen atoms in total. The number of aliphatic carboxylic acids is 1. The zero-order valence-electron chi connectivity index (χ0n) is 26.2. The summed E-state index contributed by atoms with van der Waals surface area (Å²) < 4.78 is 18.1. The summed E-state index contributed by atoms with van der Waals surface area (Å²) in [6.07, 6.45) is 2.05. The van der Waals surface area contributed by atoms with Crippen molar-refractivity contribution in [3.8, 4) is 34.1 Å². The van der Waals surface area contributed by atoms with Gasteiger partial charge in [-0.3, -0.25) is 0 Å². The van der Waals surface area contributed by atoms with Gasteiger partial charge >= 0.3 is 5.97 Å². The summed E-state index contributed by atoms with van der Waals surface area (Å²) in [6, 6.07) is 34.1. The first-order valence-corrected chi connectivity index (χ1v) is 15.1. The first kappa shape index (κ1) is 32.1. The lowest BCUT2D eigenvalue weighted by Gasteiger charge is -2.24. The lowest BCUT2D eigenvalue weighted by Crippen LogP contribution is -2.38. The lowest BCUT2D eigenvalue weighted by atomic mass is 10.0. The second-order valence-corrected chi connectivity index (χ2v) is 10.7. The molecule has 1 N–H and O–H groups in total. The van der Waals surface area contributed by atoms with Crippen LogP contribution in [0, 0.1) is 6.92 Å². The number of aromatic nitrogens is 1. The summed E-state index contributed by atoms with van der Waals surface area (Å²) in [6.45, 7) is 9.43. The third-order valence-corrected chi connectivity index (χ3v) is 7.15. The molecular formula is C38H41NO5. The van der Waals surface area contributed by atoms with Crippen molar-refractivity contribution in [2.75, 3.05) is 6.61 Å². The summed E-state index contributed by atoms with van der Waals surface area (Å²) >= 11 is 0. The number of carboxylic acid groups (broad SMARTS) is 1. The third-order valence-electron chi connectivity index (χ3n) is 7.15. The van der Waals surface area contributed by atoms with Crippen molar-refractivity contribution >= 4 is 5.97 Å². The van der Waals surface area contributed by atoms with Crippen LogP contribution in [-0.4, -0.2) is 28.3 Å². The summed E-state index contributed by atoms with van der Waals surface area (Å²) in [5, 5.41) is 9.58. The second-order valence-electron chi connectivity index (χ2n) is 10.7. The molecule has 228 valence electrons. The monoisotopic (exact) mass is 591 g/mol. The highest BCUT2D eigenvalue weighted by atomic mass is 16.5. The molecule has 4 aromatic carbocycles. The van der Waals surface area contributed by atoms with Gasteiger partial charge in [-0.2, -0.15) is 0 Å². The van der Waals surface area contributed by atoms with Crippen LogP contribution in [0.5, 0.6) is 11.5 Å². The van der Waals surface area contributed by atoms with Crippen LogP contribution in [0.3, 0.4) is 0 Å². The Bertz CT molecular complexity index is 1640. The topological polar surface area (TPSA) is 81.8 Å². The van der Waals surface area contributed by atoms with E-state index in [0.717, 1.165) is 40.1 Å². The maximum absolute atomic E-state index is 11.7. The highest BCUT2D eigenvalue weighted by Gasteiger charge is 2.30. The normalized spacial score (nSPS) is 10.9. The number of carboxylic acids is 1. The Morgan fingerprint density at radius 3 is 2.16 bits per heavy atom.